The van der Waals surface area contributed by atoms with Crippen LogP contribution in [0.3, 0.4) is 0 Å². The molecule has 4 rings (SSSR count). The van der Waals surface area contributed by atoms with E-state index in [1.54, 1.807) is 6.07 Å². The zero-order valence-electron chi connectivity index (χ0n) is 19.4. The Morgan fingerprint density at radius 1 is 1.22 bits per heavy atom. The fourth-order valence-corrected chi connectivity index (χ4v) is 6.05. The van der Waals surface area contributed by atoms with E-state index < -0.39 is 64.9 Å². The zero-order valence-corrected chi connectivity index (χ0v) is 20.2. The molecule has 0 saturated carbocycles. The largest absolute Gasteiger partial charge is 0.564 e. The van der Waals surface area contributed by atoms with Gasteiger partial charge in [-0.3, -0.25) is 9.59 Å². The number of fused-ring (bicyclic) bond motifs is 1. The number of hydrogen-bond acceptors (Lipinski definition) is 6. The number of anilines is 1. The number of alkyl halides is 3. The van der Waals surface area contributed by atoms with Crippen molar-refractivity contribution < 1.29 is 45.6 Å². The van der Waals surface area contributed by atoms with Crippen molar-refractivity contribution in [2.75, 3.05) is 19.5 Å². The number of rotatable bonds is 5. The van der Waals surface area contributed by atoms with Crippen molar-refractivity contribution in [3.05, 3.63) is 53.1 Å². The third-order valence-corrected chi connectivity index (χ3v) is 8.07. The highest BCUT2D eigenvalue weighted by Crippen LogP contribution is 2.59. The van der Waals surface area contributed by atoms with Gasteiger partial charge in [0.05, 0.1) is 18.8 Å². The summed E-state index contributed by atoms with van der Waals surface area (Å²) in [6, 6.07) is 6.56. The average molecular weight is 529 g/mol. The molecule has 2 aromatic carbocycles. The van der Waals surface area contributed by atoms with Crippen LogP contribution < -0.4 is 15.5 Å². The van der Waals surface area contributed by atoms with Gasteiger partial charge in [0.15, 0.2) is 11.6 Å². The molecule has 3 atom stereocenters. The summed E-state index contributed by atoms with van der Waals surface area (Å²) in [5, 5.41) is 1.30. The monoisotopic (exact) mass is 529 g/mol. The molecule has 2 heterocycles. The van der Waals surface area contributed by atoms with Crippen LogP contribution in [0.25, 0.3) is 0 Å². The molecule has 1 N–H and O–H groups in total. The molecule has 0 spiro atoms. The van der Waals surface area contributed by atoms with Crippen molar-refractivity contribution in [1.29, 1.82) is 0 Å². The molecule has 3 unspecified atom stereocenters. The van der Waals surface area contributed by atoms with E-state index in [2.05, 4.69) is 5.32 Å². The van der Waals surface area contributed by atoms with E-state index in [0.717, 1.165) is 26.2 Å². The summed E-state index contributed by atoms with van der Waals surface area (Å²) in [6.45, 7) is 0.972. The number of nitrogens with one attached hydrogen (secondary N) is 1. The number of methoxy groups -OCH3 is 1. The van der Waals surface area contributed by atoms with E-state index in [9.17, 15) is 31.5 Å². The molecule has 2 aromatic rings. The van der Waals surface area contributed by atoms with E-state index in [4.69, 9.17) is 14.0 Å². The normalized spacial score (nSPS) is 23.8. The first-order valence-corrected chi connectivity index (χ1v) is 11.7. The second kappa shape index (κ2) is 9.58. The lowest BCUT2D eigenvalue weighted by Crippen LogP contribution is -2.45. The molecule has 36 heavy (non-hydrogen) atoms. The first-order valence-electron chi connectivity index (χ1n) is 10.8. The summed E-state index contributed by atoms with van der Waals surface area (Å²) in [5.41, 5.74) is 1.34. The number of amides is 1. The van der Waals surface area contributed by atoms with Gasteiger partial charge < -0.3 is 19.4 Å². The lowest BCUT2D eigenvalue weighted by atomic mass is 9.73. The molecule has 2 aliphatic heterocycles. The molecule has 1 amide bonds. The van der Waals surface area contributed by atoms with Gasteiger partial charge in [0.25, 0.3) is 5.97 Å². The molecule has 1 fully saturated rings. The van der Waals surface area contributed by atoms with Gasteiger partial charge in [-0.25, -0.2) is 4.39 Å². The van der Waals surface area contributed by atoms with Crippen molar-refractivity contribution in [1.82, 2.24) is 0 Å². The third kappa shape index (κ3) is 4.65. The van der Waals surface area contributed by atoms with Crippen LogP contribution in [0, 0.1) is 11.6 Å². The van der Waals surface area contributed by atoms with Gasteiger partial charge in [-0.15, -0.1) is 11.8 Å². The van der Waals surface area contributed by atoms with E-state index in [0.29, 0.717) is 22.8 Å². The van der Waals surface area contributed by atoms with Crippen LogP contribution in [0.1, 0.15) is 30.4 Å². The number of benzene rings is 2. The van der Waals surface area contributed by atoms with E-state index in [1.165, 1.54) is 19.2 Å². The standard InChI is InChI=1S/C23H21BF5NO5S/c1-22(23(27,28)29)10-14(13-5-7-16(25)18(26)19(13)33-2)20(36-22)21(32)30-12-4-6-15-11(8-12)9-17(31)35-24(15)34-3/h4-8,14,20H,9-10H2,1-3H3,(H,30,32). The SMILES string of the molecule is COB1OC(=O)Cc2cc(NC(=O)C3SC(C)(C(F)(F)F)CC3c3ccc(F)c(F)c3OC)ccc21. The van der Waals surface area contributed by atoms with Gasteiger partial charge in [-0.1, -0.05) is 12.1 Å². The van der Waals surface area contributed by atoms with Crippen LogP contribution in [-0.2, 0) is 25.3 Å². The van der Waals surface area contributed by atoms with Crippen molar-refractivity contribution >= 4 is 41.9 Å². The zero-order chi connectivity index (χ0) is 26.4. The Bertz CT molecular complexity index is 1210. The summed E-state index contributed by atoms with van der Waals surface area (Å²) in [4.78, 5) is 25.1. The van der Waals surface area contributed by atoms with Crippen molar-refractivity contribution in [2.24, 2.45) is 0 Å². The maximum Gasteiger partial charge on any atom is 0.564 e. The van der Waals surface area contributed by atoms with Gasteiger partial charge in [0, 0.05) is 29.7 Å². The second-order valence-corrected chi connectivity index (χ2v) is 10.3. The molecule has 1 saturated heterocycles. The average Bonchev–Trinajstić information content (AvgIpc) is 3.19. The third-order valence-electron chi connectivity index (χ3n) is 6.36. The van der Waals surface area contributed by atoms with Crippen LogP contribution in [0.2, 0.25) is 0 Å². The number of carbonyl (C=O) groups excluding carboxylic acids is 2. The number of thioether (sulfide) groups is 1. The van der Waals surface area contributed by atoms with E-state index in [-0.39, 0.29) is 17.7 Å². The summed E-state index contributed by atoms with van der Waals surface area (Å²) in [7, 11) is 1.53. The molecule has 0 radical (unpaired) electrons. The fourth-order valence-electron chi connectivity index (χ4n) is 4.51. The lowest BCUT2D eigenvalue weighted by molar-refractivity contribution is -0.155. The number of hydrogen-bond donors (Lipinski definition) is 1. The maximum atomic E-state index is 14.4. The Hall–Kier alpha value is -2.80. The van der Waals surface area contributed by atoms with E-state index in [1.807, 2.05) is 0 Å². The van der Waals surface area contributed by atoms with Crippen molar-refractivity contribution in [3.8, 4) is 5.75 Å². The number of halogens is 5. The van der Waals surface area contributed by atoms with Gasteiger partial charge in [-0.05, 0) is 37.1 Å². The highest BCUT2D eigenvalue weighted by Gasteiger charge is 2.61. The molecule has 2 aliphatic rings. The Balaban J connectivity index is 1.68. The van der Waals surface area contributed by atoms with Gasteiger partial charge in [-0.2, -0.15) is 17.6 Å². The Kier molecular flexibility index (Phi) is 6.99. The highest BCUT2D eigenvalue weighted by atomic mass is 32.2. The Morgan fingerprint density at radius 2 is 1.94 bits per heavy atom. The molecular weight excluding hydrogens is 508 g/mol. The molecule has 192 valence electrons. The minimum absolute atomic E-state index is 0.0341. The van der Waals surface area contributed by atoms with Crippen LogP contribution in [0.4, 0.5) is 27.6 Å². The van der Waals surface area contributed by atoms with Gasteiger partial charge in [0.1, 0.15) is 4.75 Å². The predicted molar refractivity (Wildman–Crippen MR) is 123 cm³/mol. The molecule has 13 heteroatoms. The van der Waals surface area contributed by atoms with Crippen molar-refractivity contribution in [3.63, 3.8) is 0 Å². The maximum absolute atomic E-state index is 14.4. The smallest absolute Gasteiger partial charge is 0.505 e. The Morgan fingerprint density at radius 3 is 2.58 bits per heavy atom. The van der Waals surface area contributed by atoms with Crippen molar-refractivity contribution in [2.45, 2.75) is 41.9 Å². The van der Waals surface area contributed by atoms with Crippen LogP contribution in [0.5, 0.6) is 5.75 Å². The van der Waals surface area contributed by atoms with Crippen LogP contribution in [0.15, 0.2) is 30.3 Å². The predicted octanol–water partition coefficient (Wildman–Crippen LogP) is 3.96. The summed E-state index contributed by atoms with van der Waals surface area (Å²) in [5.74, 6) is -5.52. The van der Waals surface area contributed by atoms with Crippen LogP contribution >= 0.6 is 11.8 Å². The molecule has 0 aliphatic carbocycles. The second-order valence-electron chi connectivity index (χ2n) is 8.70. The molecule has 6 nitrogen and oxygen atoms in total. The minimum Gasteiger partial charge on any atom is -0.505 e. The summed E-state index contributed by atoms with van der Waals surface area (Å²) in [6.07, 6.45) is -5.29. The summed E-state index contributed by atoms with van der Waals surface area (Å²) >= 11 is 0.410. The molecular formula is C23H21BF5NO5S. The first-order chi connectivity index (χ1) is 16.9. The highest BCUT2D eigenvalue weighted by molar-refractivity contribution is 8.02. The summed E-state index contributed by atoms with van der Waals surface area (Å²) < 4.78 is 82.9. The quantitative estimate of drug-likeness (QED) is 0.467. The fraction of sp³-hybridized carbons (Fsp3) is 0.391. The lowest BCUT2D eigenvalue weighted by Gasteiger charge is -2.26. The number of carbonyl (C=O) groups is 2. The molecule has 0 aromatic heterocycles. The van der Waals surface area contributed by atoms with Gasteiger partial charge >= 0.3 is 13.3 Å². The van der Waals surface area contributed by atoms with Crippen LogP contribution in [-0.4, -0.2) is 49.4 Å². The molecule has 0 bridgehead atoms. The Labute approximate surface area is 208 Å². The topological polar surface area (TPSA) is 73.9 Å². The first kappa shape index (κ1) is 26.3. The number of ether oxygens (including phenoxy) is 1. The minimum atomic E-state index is -4.67. The van der Waals surface area contributed by atoms with E-state index >= 15 is 0 Å². The van der Waals surface area contributed by atoms with Gasteiger partial charge in [0.2, 0.25) is 11.7 Å².